The van der Waals surface area contributed by atoms with Gasteiger partial charge in [-0.3, -0.25) is 9.59 Å². The zero-order chi connectivity index (χ0) is 38.2. The monoisotopic (exact) mass is 740 g/mol. The van der Waals surface area contributed by atoms with Crippen molar-refractivity contribution in [1.82, 2.24) is 4.90 Å². The van der Waals surface area contributed by atoms with Crippen LogP contribution in [0.3, 0.4) is 0 Å². The zero-order valence-electron chi connectivity index (χ0n) is 35.5. The van der Waals surface area contributed by atoms with E-state index >= 15 is 0 Å². The summed E-state index contributed by atoms with van der Waals surface area (Å²) in [4.78, 5) is 27.6. The Balaban J connectivity index is 4.10. The standard InChI is InChI=1S/C45H89NO6/c1-6-9-12-15-19-25-32-43(33-26-20-16-13-10-7-2)52-44(47)34-27-21-18-22-28-35-46(37-40-49-5)36-29-24-31-39-51-45(48)42(4)41-50-38-30-23-17-14-11-8-3/h42-43H,6-41H2,1-5H3. The van der Waals surface area contributed by atoms with E-state index in [4.69, 9.17) is 18.9 Å². The molecule has 0 saturated heterocycles. The van der Waals surface area contributed by atoms with Gasteiger partial charge in [0.15, 0.2) is 0 Å². The molecule has 310 valence electrons. The minimum absolute atomic E-state index is 0.0183. The molecule has 0 heterocycles. The average molecular weight is 740 g/mol. The Morgan fingerprint density at radius 3 is 1.54 bits per heavy atom. The van der Waals surface area contributed by atoms with Crippen LogP contribution in [0, 0.1) is 5.92 Å². The van der Waals surface area contributed by atoms with E-state index in [1.54, 1.807) is 7.11 Å². The maximum atomic E-state index is 12.7. The highest BCUT2D eigenvalue weighted by Crippen LogP contribution is 2.18. The van der Waals surface area contributed by atoms with Crippen molar-refractivity contribution >= 4 is 11.9 Å². The first-order valence-corrected chi connectivity index (χ1v) is 22.6. The van der Waals surface area contributed by atoms with Crippen LogP contribution in [0.4, 0.5) is 0 Å². The third-order valence-corrected chi connectivity index (χ3v) is 10.3. The highest BCUT2D eigenvalue weighted by atomic mass is 16.5. The Hall–Kier alpha value is -1.18. The number of methoxy groups -OCH3 is 1. The molecule has 0 fully saturated rings. The summed E-state index contributed by atoms with van der Waals surface area (Å²) in [5.74, 6) is -0.326. The molecule has 0 aliphatic heterocycles. The van der Waals surface area contributed by atoms with Crippen molar-refractivity contribution in [2.75, 3.05) is 53.2 Å². The van der Waals surface area contributed by atoms with Gasteiger partial charge in [0.05, 0.1) is 25.7 Å². The van der Waals surface area contributed by atoms with Crippen LogP contribution < -0.4 is 0 Å². The van der Waals surface area contributed by atoms with Crippen LogP contribution in [0.2, 0.25) is 0 Å². The van der Waals surface area contributed by atoms with Crippen LogP contribution in [0.1, 0.15) is 214 Å². The number of esters is 2. The van der Waals surface area contributed by atoms with Crippen molar-refractivity contribution < 1.29 is 28.5 Å². The van der Waals surface area contributed by atoms with Crippen molar-refractivity contribution in [2.45, 2.75) is 220 Å². The van der Waals surface area contributed by atoms with Crippen molar-refractivity contribution in [3.63, 3.8) is 0 Å². The molecule has 0 rings (SSSR count). The van der Waals surface area contributed by atoms with Gasteiger partial charge in [-0.05, 0) is 84.2 Å². The molecule has 0 radical (unpaired) electrons. The molecule has 0 aliphatic carbocycles. The summed E-state index contributed by atoms with van der Waals surface area (Å²) in [6, 6.07) is 0. The molecular weight excluding hydrogens is 650 g/mol. The van der Waals surface area contributed by atoms with Gasteiger partial charge in [-0.25, -0.2) is 0 Å². The second kappa shape index (κ2) is 41.0. The van der Waals surface area contributed by atoms with E-state index in [1.807, 2.05) is 6.92 Å². The summed E-state index contributed by atoms with van der Waals surface area (Å²) >= 11 is 0. The lowest BCUT2D eigenvalue weighted by molar-refractivity contribution is -0.151. The summed E-state index contributed by atoms with van der Waals surface area (Å²) in [6.45, 7) is 14.2. The van der Waals surface area contributed by atoms with E-state index in [0.717, 1.165) is 90.6 Å². The minimum Gasteiger partial charge on any atom is -0.465 e. The van der Waals surface area contributed by atoms with Gasteiger partial charge in [-0.15, -0.1) is 0 Å². The average Bonchev–Trinajstić information content (AvgIpc) is 3.14. The molecule has 7 heteroatoms. The normalized spacial score (nSPS) is 12.2. The zero-order valence-corrected chi connectivity index (χ0v) is 35.5. The lowest BCUT2D eigenvalue weighted by Gasteiger charge is -2.22. The number of ether oxygens (including phenoxy) is 4. The summed E-state index contributed by atoms with van der Waals surface area (Å²) in [5, 5.41) is 0. The lowest BCUT2D eigenvalue weighted by atomic mass is 10.0. The summed E-state index contributed by atoms with van der Waals surface area (Å²) in [6.07, 6.45) is 34.2. The first-order valence-electron chi connectivity index (χ1n) is 22.6. The molecule has 0 N–H and O–H groups in total. The van der Waals surface area contributed by atoms with Gasteiger partial charge in [0.2, 0.25) is 0 Å². The van der Waals surface area contributed by atoms with Crippen LogP contribution in [-0.4, -0.2) is 76.1 Å². The van der Waals surface area contributed by atoms with Crippen LogP contribution in [-0.2, 0) is 28.5 Å². The smallest absolute Gasteiger partial charge is 0.310 e. The fourth-order valence-corrected chi connectivity index (χ4v) is 6.74. The summed E-state index contributed by atoms with van der Waals surface area (Å²) in [7, 11) is 1.77. The van der Waals surface area contributed by atoms with Gasteiger partial charge in [0, 0.05) is 26.7 Å². The molecule has 0 aliphatic rings. The number of carbonyl (C=O) groups excluding carboxylic acids is 2. The molecule has 0 aromatic heterocycles. The van der Waals surface area contributed by atoms with Gasteiger partial charge in [0.1, 0.15) is 6.10 Å². The minimum atomic E-state index is -0.203. The molecule has 0 spiro atoms. The summed E-state index contributed by atoms with van der Waals surface area (Å²) in [5.41, 5.74) is 0. The van der Waals surface area contributed by atoms with Crippen LogP contribution in [0.25, 0.3) is 0 Å². The fourth-order valence-electron chi connectivity index (χ4n) is 6.74. The highest BCUT2D eigenvalue weighted by molar-refractivity contribution is 5.72. The Labute approximate surface area is 323 Å². The maximum Gasteiger partial charge on any atom is 0.310 e. The van der Waals surface area contributed by atoms with Gasteiger partial charge in [-0.1, -0.05) is 136 Å². The number of nitrogens with zero attached hydrogens (tertiary/aromatic N) is 1. The van der Waals surface area contributed by atoms with Gasteiger partial charge in [0.25, 0.3) is 0 Å². The predicted molar refractivity (Wildman–Crippen MR) is 220 cm³/mol. The molecule has 0 amide bonds. The SMILES string of the molecule is CCCCCCCCOCC(C)C(=O)OCCCCCN(CCCCCCCC(=O)OC(CCCCCCCC)CCCCCCCC)CCOC. The van der Waals surface area contributed by atoms with Crippen molar-refractivity contribution in [3.05, 3.63) is 0 Å². The first-order chi connectivity index (χ1) is 25.5. The summed E-state index contributed by atoms with van der Waals surface area (Å²) < 4.78 is 22.6. The quantitative estimate of drug-likeness (QED) is 0.0456. The van der Waals surface area contributed by atoms with E-state index < -0.39 is 0 Å². The van der Waals surface area contributed by atoms with Gasteiger partial charge in [-0.2, -0.15) is 0 Å². The number of unbranched alkanes of at least 4 members (excludes halogenated alkanes) is 21. The Morgan fingerprint density at radius 1 is 0.519 bits per heavy atom. The lowest BCUT2D eigenvalue weighted by Crippen LogP contribution is -2.29. The largest absolute Gasteiger partial charge is 0.465 e. The third kappa shape index (κ3) is 35.8. The second-order valence-corrected chi connectivity index (χ2v) is 15.5. The van der Waals surface area contributed by atoms with Crippen molar-refractivity contribution in [2.24, 2.45) is 5.92 Å². The van der Waals surface area contributed by atoms with E-state index in [2.05, 4.69) is 25.7 Å². The van der Waals surface area contributed by atoms with E-state index in [0.29, 0.717) is 19.6 Å². The Morgan fingerprint density at radius 2 is 0.981 bits per heavy atom. The number of carbonyl (C=O) groups is 2. The predicted octanol–water partition coefficient (Wildman–Crippen LogP) is 12.4. The van der Waals surface area contributed by atoms with Crippen LogP contribution in [0.5, 0.6) is 0 Å². The highest BCUT2D eigenvalue weighted by Gasteiger charge is 2.16. The third-order valence-electron chi connectivity index (χ3n) is 10.3. The number of hydrogen-bond acceptors (Lipinski definition) is 7. The molecule has 0 saturated carbocycles. The molecule has 1 atom stereocenters. The first kappa shape index (κ1) is 50.8. The van der Waals surface area contributed by atoms with Gasteiger partial charge >= 0.3 is 11.9 Å². The van der Waals surface area contributed by atoms with E-state index in [1.165, 1.54) is 122 Å². The van der Waals surface area contributed by atoms with Crippen LogP contribution >= 0.6 is 0 Å². The molecule has 52 heavy (non-hydrogen) atoms. The van der Waals surface area contributed by atoms with Crippen molar-refractivity contribution in [1.29, 1.82) is 0 Å². The molecule has 1 unspecified atom stereocenters. The Bertz CT molecular complexity index is 733. The fraction of sp³-hybridized carbons (Fsp3) is 0.956. The number of rotatable bonds is 42. The molecule has 0 aromatic rings. The van der Waals surface area contributed by atoms with Gasteiger partial charge < -0.3 is 23.8 Å². The topological polar surface area (TPSA) is 74.3 Å². The molecular formula is C45H89NO6. The van der Waals surface area contributed by atoms with E-state index in [-0.39, 0.29) is 24.0 Å². The molecule has 7 nitrogen and oxygen atoms in total. The Kier molecular flexibility index (Phi) is 40.1. The van der Waals surface area contributed by atoms with E-state index in [9.17, 15) is 9.59 Å². The van der Waals surface area contributed by atoms with Crippen molar-refractivity contribution in [3.8, 4) is 0 Å². The second-order valence-electron chi connectivity index (χ2n) is 15.5. The maximum absolute atomic E-state index is 12.7. The van der Waals surface area contributed by atoms with Crippen LogP contribution in [0.15, 0.2) is 0 Å². The number of hydrogen-bond donors (Lipinski definition) is 0. The molecule has 0 aromatic carbocycles. The molecule has 0 bridgehead atoms.